The van der Waals surface area contributed by atoms with E-state index in [2.05, 4.69) is 4.98 Å². The molecule has 2 saturated heterocycles. The summed E-state index contributed by atoms with van der Waals surface area (Å²) in [4.78, 5) is 26.6. The van der Waals surface area contributed by atoms with E-state index in [9.17, 15) is 14.7 Å². The summed E-state index contributed by atoms with van der Waals surface area (Å²) in [5.74, 6) is -2.11. The van der Waals surface area contributed by atoms with Gasteiger partial charge in [0.25, 0.3) is 0 Å². The number of nitrogens with zero attached hydrogens (tertiary/aromatic N) is 1. The summed E-state index contributed by atoms with van der Waals surface area (Å²) >= 11 is 0. The number of benzene rings is 1. The van der Waals surface area contributed by atoms with E-state index >= 15 is 0 Å². The van der Waals surface area contributed by atoms with Gasteiger partial charge in [-0.2, -0.15) is 0 Å². The molecule has 4 unspecified atom stereocenters. The van der Waals surface area contributed by atoms with E-state index in [-0.39, 0.29) is 17.7 Å². The third kappa shape index (κ3) is 3.02. The molecular formula is C20H21NO6. The van der Waals surface area contributed by atoms with Gasteiger partial charge in [0.05, 0.1) is 12.0 Å². The van der Waals surface area contributed by atoms with Crippen molar-refractivity contribution >= 4 is 11.9 Å². The number of fused-ring (bicyclic) bond motifs is 2. The van der Waals surface area contributed by atoms with E-state index in [1.165, 1.54) is 0 Å². The van der Waals surface area contributed by atoms with E-state index < -0.39 is 23.5 Å². The first-order valence-corrected chi connectivity index (χ1v) is 9.08. The van der Waals surface area contributed by atoms with Crippen LogP contribution in [0.2, 0.25) is 0 Å². The zero-order valence-electron chi connectivity index (χ0n) is 14.9. The fraction of sp³-hybridized carbons (Fsp3) is 0.450. The molecule has 1 aromatic heterocycles. The predicted molar refractivity (Wildman–Crippen MR) is 93.6 cm³/mol. The summed E-state index contributed by atoms with van der Waals surface area (Å²) in [7, 11) is 0. The van der Waals surface area contributed by atoms with Gasteiger partial charge in [-0.3, -0.25) is 4.79 Å². The number of carboxylic acids is 2. The Kier molecular flexibility index (Phi) is 4.26. The number of aromatic nitrogens is 1. The minimum atomic E-state index is -1.12. The third-order valence-electron chi connectivity index (χ3n) is 5.81. The molecule has 0 spiro atoms. The minimum Gasteiger partial charge on any atom is -0.481 e. The molecule has 1 aromatic carbocycles. The molecule has 2 bridgehead atoms. The number of carboxylic acid groups (broad SMARTS) is 2. The number of rotatable bonds is 6. The number of ether oxygens (including phenoxy) is 1. The number of hydrogen-bond donors (Lipinski definition) is 2. The average molecular weight is 371 g/mol. The van der Waals surface area contributed by atoms with E-state index in [0.29, 0.717) is 12.3 Å². The monoisotopic (exact) mass is 371 g/mol. The van der Waals surface area contributed by atoms with Crippen LogP contribution in [0.5, 0.6) is 0 Å². The van der Waals surface area contributed by atoms with Crippen LogP contribution >= 0.6 is 0 Å². The second-order valence-electron chi connectivity index (χ2n) is 7.45. The van der Waals surface area contributed by atoms with Crippen molar-refractivity contribution in [2.45, 2.75) is 50.2 Å². The maximum Gasteiger partial charge on any atom is 0.357 e. The van der Waals surface area contributed by atoms with Crippen molar-refractivity contribution in [1.82, 2.24) is 4.98 Å². The first kappa shape index (κ1) is 17.7. The van der Waals surface area contributed by atoms with Crippen LogP contribution < -0.4 is 0 Å². The molecule has 0 amide bonds. The Hall–Kier alpha value is -2.67. The smallest absolute Gasteiger partial charge is 0.357 e. The molecular weight excluding hydrogens is 350 g/mol. The van der Waals surface area contributed by atoms with Crippen molar-refractivity contribution < 1.29 is 29.0 Å². The number of oxazole rings is 1. The zero-order valence-corrected chi connectivity index (χ0v) is 14.9. The van der Waals surface area contributed by atoms with Crippen LogP contribution in [0, 0.1) is 5.92 Å². The maximum absolute atomic E-state index is 11.3. The normalized spacial score (nSPS) is 27.6. The van der Waals surface area contributed by atoms with E-state index in [4.69, 9.17) is 14.3 Å². The van der Waals surface area contributed by atoms with E-state index in [1.807, 2.05) is 24.3 Å². The molecule has 3 heterocycles. The molecule has 2 aromatic rings. The molecule has 2 N–H and O–H groups in total. The van der Waals surface area contributed by atoms with E-state index in [0.717, 1.165) is 36.7 Å². The lowest BCUT2D eigenvalue weighted by molar-refractivity contribution is -0.138. The topological polar surface area (TPSA) is 110 Å². The second-order valence-corrected chi connectivity index (χ2v) is 7.45. The molecule has 142 valence electrons. The highest BCUT2D eigenvalue weighted by molar-refractivity contribution is 5.84. The molecule has 0 radical (unpaired) electrons. The standard InChI is InChI=1S/C20H21NO6/c1-11(17(22)23)13-4-2-3-12(7-13)8-14-9-15-5-6-20(14,27-15)19-21-16(10-26-19)18(24)25/h2-4,7,10-11,14-15H,5-6,8-9H2,1H3,(H,22,23)(H,24,25). The molecule has 4 rings (SSSR count). The Morgan fingerprint density at radius 3 is 2.85 bits per heavy atom. The van der Waals surface area contributed by atoms with Crippen molar-refractivity contribution in [3.63, 3.8) is 0 Å². The summed E-state index contributed by atoms with van der Waals surface area (Å²) in [6.45, 7) is 1.67. The highest BCUT2D eigenvalue weighted by Gasteiger charge is 2.57. The quantitative estimate of drug-likeness (QED) is 0.802. The minimum absolute atomic E-state index is 0.104. The maximum atomic E-state index is 11.3. The van der Waals surface area contributed by atoms with Gasteiger partial charge in [-0.1, -0.05) is 24.3 Å². The Morgan fingerprint density at radius 1 is 1.37 bits per heavy atom. The molecule has 2 aliphatic heterocycles. The highest BCUT2D eigenvalue weighted by atomic mass is 16.5. The summed E-state index contributed by atoms with van der Waals surface area (Å²) in [5, 5.41) is 18.4. The van der Waals surface area contributed by atoms with Crippen LogP contribution in [0.25, 0.3) is 0 Å². The molecule has 7 heteroatoms. The molecule has 0 aliphatic carbocycles. The lowest BCUT2D eigenvalue weighted by Gasteiger charge is -2.30. The van der Waals surface area contributed by atoms with Gasteiger partial charge in [0, 0.05) is 5.92 Å². The zero-order chi connectivity index (χ0) is 19.2. The first-order valence-electron chi connectivity index (χ1n) is 9.08. The largest absolute Gasteiger partial charge is 0.481 e. The van der Waals surface area contributed by atoms with Crippen molar-refractivity contribution in [1.29, 1.82) is 0 Å². The lowest BCUT2D eigenvalue weighted by atomic mass is 9.75. The Bertz CT molecular complexity index is 890. The second kappa shape index (κ2) is 6.49. The SMILES string of the molecule is CC(C(=O)O)c1cccc(CC2CC3CCC2(c2nc(C(=O)O)co2)O3)c1. The third-order valence-corrected chi connectivity index (χ3v) is 5.81. The van der Waals surface area contributed by atoms with Crippen LogP contribution in [0.4, 0.5) is 0 Å². The molecule has 0 saturated carbocycles. The number of aromatic carboxylic acids is 1. The molecule has 2 aliphatic rings. The van der Waals surface area contributed by atoms with Gasteiger partial charge in [0.2, 0.25) is 5.89 Å². The van der Waals surface area contributed by atoms with Crippen LogP contribution in [0.3, 0.4) is 0 Å². The molecule has 27 heavy (non-hydrogen) atoms. The summed E-state index contributed by atoms with van der Waals surface area (Å²) in [6.07, 6.45) is 4.47. The number of aliphatic carboxylic acids is 1. The molecule has 2 fully saturated rings. The van der Waals surface area contributed by atoms with Crippen molar-refractivity contribution in [3.8, 4) is 0 Å². The summed E-state index contributed by atoms with van der Waals surface area (Å²) in [6, 6.07) is 7.60. The summed E-state index contributed by atoms with van der Waals surface area (Å²) in [5.41, 5.74) is 0.982. The fourth-order valence-corrected chi connectivity index (χ4v) is 4.33. The number of hydrogen-bond acceptors (Lipinski definition) is 5. The molecule has 7 nitrogen and oxygen atoms in total. The van der Waals surface area contributed by atoms with Gasteiger partial charge in [0.15, 0.2) is 5.69 Å². The van der Waals surface area contributed by atoms with Crippen LogP contribution in [0.15, 0.2) is 34.9 Å². The van der Waals surface area contributed by atoms with Gasteiger partial charge in [-0.15, -0.1) is 0 Å². The van der Waals surface area contributed by atoms with Gasteiger partial charge >= 0.3 is 11.9 Å². The van der Waals surface area contributed by atoms with Gasteiger partial charge in [0.1, 0.15) is 11.9 Å². The average Bonchev–Trinajstić information content (AvgIpc) is 3.35. The Balaban J connectivity index is 1.61. The Labute approximate surface area is 156 Å². The van der Waals surface area contributed by atoms with Crippen molar-refractivity contribution in [2.75, 3.05) is 0 Å². The van der Waals surface area contributed by atoms with Crippen LogP contribution in [-0.4, -0.2) is 33.2 Å². The predicted octanol–water partition coefficient (Wildman–Crippen LogP) is 3.20. The summed E-state index contributed by atoms with van der Waals surface area (Å²) < 4.78 is 11.7. The van der Waals surface area contributed by atoms with Crippen molar-refractivity contribution in [3.05, 3.63) is 53.2 Å². The van der Waals surface area contributed by atoms with Gasteiger partial charge < -0.3 is 19.4 Å². The van der Waals surface area contributed by atoms with Crippen LogP contribution in [0.1, 0.15) is 59.6 Å². The lowest BCUT2D eigenvalue weighted by Crippen LogP contribution is -2.33. The van der Waals surface area contributed by atoms with Crippen LogP contribution in [-0.2, 0) is 21.6 Å². The molecule has 4 atom stereocenters. The van der Waals surface area contributed by atoms with Gasteiger partial charge in [-0.25, -0.2) is 9.78 Å². The highest BCUT2D eigenvalue weighted by Crippen LogP contribution is 2.54. The Morgan fingerprint density at radius 2 is 2.19 bits per heavy atom. The van der Waals surface area contributed by atoms with Gasteiger partial charge in [-0.05, 0) is 43.7 Å². The van der Waals surface area contributed by atoms with Crippen molar-refractivity contribution in [2.24, 2.45) is 5.92 Å². The van der Waals surface area contributed by atoms with E-state index in [1.54, 1.807) is 6.92 Å². The fourth-order valence-electron chi connectivity index (χ4n) is 4.33. The number of carbonyl (C=O) groups is 2. The first-order chi connectivity index (χ1) is 12.9.